The predicted octanol–water partition coefficient (Wildman–Crippen LogP) is 7.67. The van der Waals surface area contributed by atoms with Gasteiger partial charge in [-0.05, 0) is 110 Å². The SMILES string of the molecule is CC(C)(C)c1ccc(N2C(c3ccc4[nH]c([C@@H]5CCCN5)nc4c3)CCC2c2ccc3[nH]c([C@@H]4CCCN4)nc3c2)cc1. The maximum absolute atomic E-state index is 5.06. The maximum atomic E-state index is 5.06. The van der Waals surface area contributed by atoms with Crippen molar-refractivity contribution >= 4 is 27.8 Å². The zero-order chi connectivity index (χ0) is 29.1. The van der Waals surface area contributed by atoms with Gasteiger partial charge in [0.15, 0.2) is 0 Å². The molecule has 0 amide bonds. The largest absolute Gasteiger partial charge is 0.357 e. The van der Waals surface area contributed by atoms with Crippen LogP contribution in [0, 0.1) is 0 Å². The average Bonchev–Trinajstić information content (AvgIpc) is 3.84. The van der Waals surface area contributed by atoms with Gasteiger partial charge in [-0.3, -0.25) is 0 Å². The Kier molecular flexibility index (Phi) is 6.57. The van der Waals surface area contributed by atoms with Gasteiger partial charge in [-0.25, -0.2) is 9.97 Å². The zero-order valence-corrected chi connectivity index (χ0v) is 25.6. The highest BCUT2D eigenvalue weighted by molar-refractivity contribution is 5.78. The molecule has 7 heteroatoms. The smallest absolute Gasteiger partial charge is 0.124 e. The Bertz CT molecular complexity index is 1640. The van der Waals surface area contributed by atoms with E-state index in [1.165, 1.54) is 35.2 Å². The van der Waals surface area contributed by atoms with Crippen molar-refractivity contribution in [1.29, 1.82) is 0 Å². The minimum Gasteiger partial charge on any atom is -0.357 e. The lowest BCUT2D eigenvalue weighted by Gasteiger charge is -2.34. The van der Waals surface area contributed by atoms with Gasteiger partial charge >= 0.3 is 0 Å². The lowest BCUT2D eigenvalue weighted by atomic mass is 9.87. The monoisotopic (exact) mass is 573 g/mol. The number of aromatic amines is 2. The second-order valence-corrected chi connectivity index (χ2v) is 13.9. The molecule has 4 atom stereocenters. The molecular weight excluding hydrogens is 530 g/mol. The van der Waals surface area contributed by atoms with E-state index in [1.54, 1.807) is 0 Å². The second-order valence-electron chi connectivity index (χ2n) is 13.9. The summed E-state index contributed by atoms with van der Waals surface area (Å²) in [6.45, 7) is 9.00. The van der Waals surface area contributed by atoms with E-state index in [-0.39, 0.29) is 17.5 Å². The van der Waals surface area contributed by atoms with E-state index >= 15 is 0 Å². The van der Waals surface area contributed by atoms with Gasteiger partial charge in [-0.15, -0.1) is 0 Å². The van der Waals surface area contributed by atoms with E-state index in [2.05, 4.69) is 107 Å². The number of fused-ring (bicyclic) bond motifs is 2. The molecule has 7 nitrogen and oxygen atoms in total. The van der Waals surface area contributed by atoms with Gasteiger partial charge in [0, 0.05) is 5.69 Å². The fourth-order valence-corrected chi connectivity index (χ4v) is 7.62. The van der Waals surface area contributed by atoms with Crippen LogP contribution in [0.2, 0.25) is 0 Å². The highest BCUT2D eigenvalue weighted by atomic mass is 15.2. The van der Waals surface area contributed by atoms with E-state index in [0.717, 1.165) is 72.5 Å². The normalized spacial score (nSPS) is 24.6. The number of hydrogen-bond donors (Lipinski definition) is 4. The Morgan fingerprint density at radius 3 is 1.60 bits per heavy atom. The molecule has 0 aliphatic carbocycles. The van der Waals surface area contributed by atoms with Crippen LogP contribution in [-0.4, -0.2) is 33.0 Å². The van der Waals surface area contributed by atoms with Crippen molar-refractivity contribution in [1.82, 2.24) is 30.6 Å². The molecule has 5 aromatic rings. The van der Waals surface area contributed by atoms with Crippen LogP contribution in [-0.2, 0) is 5.41 Å². The number of nitrogens with zero attached hydrogens (tertiary/aromatic N) is 3. The van der Waals surface area contributed by atoms with Crippen LogP contribution in [0.3, 0.4) is 0 Å². The molecule has 3 aliphatic heterocycles. The molecule has 3 aromatic carbocycles. The fourth-order valence-electron chi connectivity index (χ4n) is 7.62. The van der Waals surface area contributed by atoms with Gasteiger partial charge in [-0.1, -0.05) is 45.0 Å². The first kappa shape index (κ1) is 26.9. The number of anilines is 1. The Labute approximate surface area is 253 Å². The van der Waals surface area contributed by atoms with Crippen LogP contribution in [0.15, 0.2) is 60.7 Å². The third-order valence-electron chi connectivity index (χ3n) is 10.0. The van der Waals surface area contributed by atoms with Crippen LogP contribution in [0.1, 0.15) is 112 Å². The van der Waals surface area contributed by atoms with Crippen LogP contribution in [0.4, 0.5) is 5.69 Å². The first-order chi connectivity index (χ1) is 20.9. The van der Waals surface area contributed by atoms with Gasteiger partial charge in [0.05, 0.1) is 46.2 Å². The Morgan fingerprint density at radius 1 is 0.651 bits per heavy atom. The van der Waals surface area contributed by atoms with Crippen molar-refractivity contribution < 1.29 is 0 Å². The van der Waals surface area contributed by atoms with E-state index in [1.807, 2.05) is 0 Å². The summed E-state index contributed by atoms with van der Waals surface area (Å²) in [5.41, 5.74) is 9.81. The van der Waals surface area contributed by atoms with Crippen LogP contribution >= 0.6 is 0 Å². The van der Waals surface area contributed by atoms with Crippen molar-refractivity contribution in [3.63, 3.8) is 0 Å². The summed E-state index contributed by atoms with van der Waals surface area (Å²) in [4.78, 5) is 20.0. The van der Waals surface area contributed by atoms with Gasteiger partial charge < -0.3 is 25.5 Å². The molecule has 3 aliphatic rings. The summed E-state index contributed by atoms with van der Waals surface area (Å²) in [5, 5.41) is 7.18. The molecule has 0 bridgehead atoms. The molecule has 0 radical (unpaired) electrons. The molecule has 4 N–H and O–H groups in total. The van der Waals surface area contributed by atoms with Crippen molar-refractivity contribution in [2.75, 3.05) is 18.0 Å². The van der Waals surface area contributed by atoms with Gasteiger partial charge in [-0.2, -0.15) is 0 Å². The molecule has 43 heavy (non-hydrogen) atoms. The Hall–Kier alpha value is -3.68. The molecule has 5 heterocycles. The van der Waals surface area contributed by atoms with Gasteiger partial charge in [0.1, 0.15) is 11.6 Å². The summed E-state index contributed by atoms with van der Waals surface area (Å²) >= 11 is 0. The lowest BCUT2D eigenvalue weighted by molar-refractivity contribution is 0.589. The fraction of sp³-hybridized carbons (Fsp3) is 0.444. The predicted molar refractivity (Wildman–Crippen MR) is 174 cm³/mol. The summed E-state index contributed by atoms with van der Waals surface area (Å²) in [6.07, 6.45) is 6.90. The molecule has 2 unspecified atom stereocenters. The summed E-state index contributed by atoms with van der Waals surface area (Å²) < 4.78 is 0. The van der Waals surface area contributed by atoms with Gasteiger partial charge in [0.2, 0.25) is 0 Å². The lowest BCUT2D eigenvalue weighted by Crippen LogP contribution is -2.26. The average molecular weight is 574 g/mol. The van der Waals surface area contributed by atoms with Crippen molar-refractivity contribution in [3.8, 4) is 0 Å². The van der Waals surface area contributed by atoms with Gasteiger partial charge in [0.25, 0.3) is 0 Å². The standard InChI is InChI=1S/C36H43N7/c1-36(2,3)24-10-12-25(13-11-24)43-32(22-8-14-26-30(20-22)41-34(39-26)28-6-4-18-37-28)16-17-33(43)23-9-15-27-31(21-23)42-35(40-27)29-7-5-19-38-29/h8-15,20-21,28-29,32-33,37-38H,4-7,16-19H2,1-3H3,(H,39,41)(H,40,42)/t28-,29-,32?,33?/m0/s1. The van der Waals surface area contributed by atoms with E-state index in [9.17, 15) is 0 Å². The van der Waals surface area contributed by atoms with Crippen LogP contribution in [0.5, 0.6) is 0 Å². The number of aromatic nitrogens is 4. The highest BCUT2D eigenvalue weighted by Gasteiger charge is 2.36. The Balaban J connectivity index is 1.16. The molecular formula is C36H43N7. The number of imidazole rings is 2. The third-order valence-corrected chi connectivity index (χ3v) is 10.0. The number of hydrogen-bond acceptors (Lipinski definition) is 5. The number of benzene rings is 3. The highest BCUT2D eigenvalue weighted by Crippen LogP contribution is 2.48. The molecule has 2 aromatic heterocycles. The van der Waals surface area contributed by atoms with E-state index < -0.39 is 0 Å². The molecule has 0 saturated carbocycles. The van der Waals surface area contributed by atoms with E-state index in [0.29, 0.717) is 12.1 Å². The molecule has 222 valence electrons. The maximum Gasteiger partial charge on any atom is 0.124 e. The first-order valence-corrected chi connectivity index (χ1v) is 16.3. The zero-order valence-electron chi connectivity index (χ0n) is 25.6. The molecule has 3 fully saturated rings. The first-order valence-electron chi connectivity index (χ1n) is 16.3. The number of H-pyrrole nitrogens is 2. The quantitative estimate of drug-likeness (QED) is 0.173. The minimum absolute atomic E-state index is 0.121. The summed E-state index contributed by atoms with van der Waals surface area (Å²) in [6, 6.07) is 24.3. The summed E-state index contributed by atoms with van der Waals surface area (Å²) in [5.74, 6) is 2.14. The second kappa shape index (κ2) is 10.5. The van der Waals surface area contributed by atoms with Crippen LogP contribution in [0.25, 0.3) is 22.1 Å². The minimum atomic E-state index is 0.121. The van der Waals surface area contributed by atoms with Crippen molar-refractivity contribution in [2.45, 2.75) is 88.9 Å². The van der Waals surface area contributed by atoms with Crippen molar-refractivity contribution in [2.24, 2.45) is 0 Å². The molecule has 8 rings (SSSR count). The van der Waals surface area contributed by atoms with E-state index in [4.69, 9.17) is 9.97 Å². The Morgan fingerprint density at radius 2 is 1.16 bits per heavy atom. The molecule has 0 spiro atoms. The van der Waals surface area contributed by atoms with Crippen molar-refractivity contribution in [3.05, 3.63) is 89.0 Å². The topological polar surface area (TPSA) is 84.7 Å². The third kappa shape index (κ3) is 4.92. The summed E-state index contributed by atoms with van der Waals surface area (Å²) in [7, 11) is 0. The van der Waals surface area contributed by atoms with Crippen LogP contribution < -0.4 is 15.5 Å². The molecule has 3 saturated heterocycles. The number of nitrogens with one attached hydrogen (secondary N) is 4. The number of rotatable bonds is 5.